The Labute approximate surface area is 121 Å². The van der Waals surface area contributed by atoms with Crippen LogP contribution in [-0.4, -0.2) is 11.9 Å². The number of rotatable bonds is 4. The SMILES string of the molecule is O=C(Cc1ccccc1)Nc1cc(Cl)ccc1C(=O)[O-]. The molecule has 4 nitrogen and oxygen atoms in total. The molecular formula is C15H11ClNO3-. The summed E-state index contributed by atoms with van der Waals surface area (Å²) in [6, 6.07) is 13.3. The summed E-state index contributed by atoms with van der Waals surface area (Å²) in [7, 11) is 0. The third kappa shape index (κ3) is 3.59. The quantitative estimate of drug-likeness (QED) is 0.934. The van der Waals surface area contributed by atoms with Crippen molar-refractivity contribution in [3.05, 3.63) is 64.7 Å². The Kier molecular flexibility index (Phi) is 4.38. The van der Waals surface area contributed by atoms with Crippen LogP contribution in [0.25, 0.3) is 0 Å². The van der Waals surface area contributed by atoms with E-state index in [2.05, 4.69) is 5.32 Å². The van der Waals surface area contributed by atoms with E-state index in [0.29, 0.717) is 5.02 Å². The first kappa shape index (κ1) is 14.1. The summed E-state index contributed by atoms with van der Waals surface area (Å²) < 4.78 is 0. The molecule has 0 saturated carbocycles. The van der Waals surface area contributed by atoms with E-state index in [1.54, 1.807) is 0 Å². The van der Waals surface area contributed by atoms with Crippen LogP contribution in [-0.2, 0) is 11.2 Å². The van der Waals surface area contributed by atoms with Crippen molar-refractivity contribution in [3.8, 4) is 0 Å². The average molecular weight is 289 g/mol. The number of carbonyl (C=O) groups is 2. The molecule has 0 aliphatic rings. The number of carbonyl (C=O) groups excluding carboxylic acids is 2. The van der Waals surface area contributed by atoms with E-state index in [0.717, 1.165) is 5.56 Å². The normalized spacial score (nSPS) is 10.1. The van der Waals surface area contributed by atoms with Crippen LogP contribution in [0.1, 0.15) is 15.9 Å². The monoisotopic (exact) mass is 288 g/mol. The van der Waals surface area contributed by atoms with Crippen molar-refractivity contribution in [1.82, 2.24) is 0 Å². The summed E-state index contributed by atoms with van der Waals surface area (Å²) in [6.45, 7) is 0. The highest BCUT2D eigenvalue weighted by Crippen LogP contribution is 2.21. The molecule has 0 spiro atoms. The second-order valence-corrected chi connectivity index (χ2v) is 4.62. The molecule has 2 rings (SSSR count). The Bertz CT molecular complexity index is 641. The standard InChI is InChI=1S/C15H12ClNO3/c16-11-6-7-12(15(19)20)13(9-11)17-14(18)8-10-4-2-1-3-5-10/h1-7,9H,8H2,(H,17,18)(H,19,20)/p-1. The maximum absolute atomic E-state index is 11.9. The van der Waals surface area contributed by atoms with Crippen molar-refractivity contribution in [2.75, 3.05) is 5.32 Å². The molecule has 0 unspecified atom stereocenters. The second-order valence-electron chi connectivity index (χ2n) is 4.19. The van der Waals surface area contributed by atoms with Gasteiger partial charge in [0.05, 0.1) is 18.1 Å². The highest BCUT2D eigenvalue weighted by atomic mass is 35.5. The lowest BCUT2D eigenvalue weighted by Crippen LogP contribution is -2.25. The van der Waals surface area contributed by atoms with Crippen molar-refractivity contribution in [2.45, 2.75) is 6.42 Å². The highest BCUT2D eigenvalue weighted by Gasteiger charge is 2.09. The van der Waals surface area contributed by atoms with Gasteiger partial charge in [0.1, 0.15) is 0 Å². The minimum Gasteiger partial charge on any atom is -0.545 e. The Hall–Kier alpha value is -2.33. The van der Waals surface area contributed by atoms with Crippen LogP contribution >= 0.6 is 11.6 Å². The number of nitrogens with one attached hydrogen (secondary N) is 1. The van der Waals surface area contributed by atoms with Gasteiger partial charge in [-0.3, -0.25) is 4.79 Å². The van der Waals surface area contributed by atoms with Gasteiger partial charge in [0.2, 0.25) is 5.91 Å². The summed E-state index contributed by atoms with van der Waals surface area (Å²) in [5.41, 5.74) is 0.872. The zero-order valence-electron chi connectivity index (χ0n) is 10.4. The molecule has 0 heterocycles. The molecule has 0 aromatic heterocycles. The predicted molar refractivity (Wildman–Crippen MR) is 74.6 cm³/mol. The minimum absolute atomic E-state index is 0.101. The molecule has 0 radical (unpaired) electrons. The van der Waals surface area contributed by atoms with Gasteiger partial charge in [-0.25, -0.2) is 0 Å². The fraction of sp³-hybridized carbons (Fsp3) is 0.0667. The summed E-state index contributed by atoms with van der Waals surface area (Å²) in [6.07, 6.45) is 0.153. The first-order valence-electron chi connectivity index (χ1n) is 5.91. The summed E-state index contributed by atoms with van der Waals surface area (Å²) in [5.74, 6) is -1.68. The molecule has 5 heteroatoms. The van der Waals surface area contributed by atoms with Gasteiger partial charge in [-0.1, -0.05) is 41.9 Å². The molecule has 0 aliphatic heterocycles. The van der Waals surface area contributed by atoms with Crippen LogP contribution in [0.15, 0.2) is 48.5 Å². The van der Waals surface area contributed by atoms with Crippen molar-refractivity contribution in [2.24, 2.45) is 0 Å². The van der Waals surface area contributed by atoms with Crippen LogP contribution < -0.4 is 10.4 Å². The van der Waals surface area contributed by atoms with E-state index < -0.39 is 5.97 Å². The first-order valence-corrected chi connectivity index (χ1v) is 6.29. The number of benzene rings is 2. The van der Waals surface area contributed by atoms with Gasteiger partial charge in [-0.05, 0) is 23.8 Å². The smallest absolute Gasteiger partial charge is 0.228 e. The van der Waals surface area contributed by atoms with Crippen LogP contribution in [0, 0.1) is 0 Å². The van der Waals surface area contributed by atoms with Gasteiger partial charge in [-0.2, -0.15) is 0 Å². The number of amides is 1. The minimum atomic E-state index is -1.36. The van der Waals surface area contributed by atoms with Crippen molar-refractivity contribution >= 4 is 29.2 Å². The van der Waals surface area contributed by atoms with Crippen LogP contribution in [0.3, 0.4) is 0 Å². The van der Waals surface area contributed by atoms with Crippen LogP contribution in [0.2, 0.25) is 5.02 Å². The zero-order valence-corrected chi connectivity index (χ0v) is 11.2. The molecule has 0 aliphatic carbocycles. The topological polar surface area (TPSA) is 69.2 Å². The fourth-order valence-corrected chi connectivity index (χ4v) is 1.95. The molecule has 0 fully saturated rings. The largest absolute Gasteiger partial charge is 0.545 e. The Balaban J connectivity index is 2.15. The number of aromatic carboxylic acids is 1. The van der Waals surface area contributed by atoms with Crippen molar-refractivity contribution in [1.29, 1.82) is 0 Å². The average Bonchev–Trinajstić information content (AvgIpc) is 2.39. The van der Waals surface area contributed by atoms with Gasteiger partial charge >= 0.3 is 0 Å². The summed E-state index contributed by atoms with van der Waals surface area (Å²) in [4.78, 5) is 22.9. The lowest BCUT2D eigenvalue weighted by atomic mass is 10.1. The van der Waals surface area contributed by atoms with Gasteiger partial charge in [0.15, 0.2) is 0 Å². The Morgan fingerprint density at radius 2 is 1.80 bits per heavy atom. The third-order valence-electron chi connectivity index (χ3n) is 2.68. The van der Waals surface area contributed by atoms with Gasteiger partial charge in [0, 0.05) is 10.6 Å². The third-order valence-corrected chi connectivity index (χ3v) is 2.92. The number of hydrogen-bond donors (Lipinski definition) is 1. The van der Waals surface area contributed by atoms with Gasteiger partial charge < -0.3 is 15.2 Å². The molecule has 2 aromatic carbocycles. The van der Waals surface area contributed by atoms with E-state index in [1.807, 2.05) is 30.3 Å². The van der Waals surface area contributed by atoms with Crippen LogP contribution in [0.4, 0.5) is 5.69 Å². The number of halogens is 1. The zero-order chi connectivity index (χ0) is 14.5. The molecule has 2 aromatic rings. The van der Waals surface area contributed by atoms with E-state index in [1.165, 1.54) is 18.2 Å². The molecule has 102 valence electrons. The molecule has 1 amide bonds. The lowest BCUT2D eigenvalue weighted by Gasteiger charge is -2.12. The molecule has 0 atom stereocenters. The maximum atomic E-state index is 11.9. The lowest BCUT2D eigenvalue weighted by molar-refractivity contribution is -0.254. The van der Waals surface area contributed by atoms with Gasteiger partial charge in [0.25, 0.3) is 0 Å². The highest BCUT2D eigenvalue weighted by molar-refractivity contribution is 6.31. The fourth-order valence-electron chi connectivity index (χ4n) is 1.77. The Morgan fingerprint density at radius 3 is 2.45 bits per heavy atom. The first-order chi connectivity index (χ1) is 9.56. The number of carboxylic acid groups (broad SMARTS) is 1. The Morgan fingerprint density at radius 1 is 1.10 bits per heavy atom. The molecule has 1 N–H and O–H groups in total. The van der Waals surface area contributed by atoms with E-state index in [-0.39, 0.29) is 23.6 Å². The van der Waals surface area contributed by atoms with E-state index in [4.69, 9.17) is 11.6 Å². The number of anilines is 1. The molecule has 20 heavy (non-hydrogen) atoms. The number of hydrogen-bond acceptors (Lipinski definition) is 3. The maximum Gasteiger partial charge on any atom is 0.228 e. The summed E-state index contributed by atoms with van der Waals surface area (Å²) >= 11 is 5.80. The predicted octanol–water partition coefficient (Wildman–Crippen LogP) is 1.88. The molecule has 0 saturated heterocycles. The molecule has 0 bridgehead atoms. The van der Waals surface area contributed by atoms with Gasteiger partial charge in [-0.15, -0.1) is 0 Å². The summed E-state index contributed by atoms with van der Waals surface area (Å²) in [5, 5.41) is 13.8. The van der Waals surface area contributed by atoms with Crippen molar-refractivity contribution < 1.29 is 14.7 Å². The number of carboxylic acids is 1. The van der Waals surface area contributed by atoms with E-state index >= 15 is 0 Å². The molecular weight excluding hydrogens is 278 g/mol. The van der Waals surface area contributed by atoms with E-state index in [9.17, 15) is 14.7 Å². The second kappa shape index (κ2) is 6.21. The van der Waals surface area contributed by atoms with Crippen molar-refractivity contribution in [3.63, 3.8) is 0 Å². The van der Waals surface area contributed by atoms with Crippen LogP contribution in [0.5, 0.6) is 0 Å².